The molecule has 0 amide bonds. The second kappa shape index (κ2) is 10.7. The Morgan fingerprint density at radius 3 is 1.62 bits per heavy atom. The predicted octanol–water partition coefficient (Wildman–Crippen LogP) is 2.48. The van der Waals surface area contributed by atoms with Crippen LogP contribution in [0, 0.1) is 0 Å². The van der Waals surface area contributed by atoms with E-state index < -0.39 is 53.8 Å². The van der Waals surface area contributed by atoms with Gasteiger partial charge in [0.25, 0.3) is 20.0 Å². The van der Waals surface area contributed by atoms with E-state index in [0.717, 1.165) is 12.1 Å². The molecule has 39 heavy (non-hydrogen) atoms. The van der Waals surface area contributed by atoms with Crippen LogP contribution < -0.4 is 15.0 Å². The van der Waals surface area contributed by atoms with E-state index in [4.69, 9.17) is 26.6 Å². The molecule has 0 aliphatic rings. The van der Waals surface area contributed by atoms with Gasteiger partial charge in [-0.05, 0) is 25.1 Å². The van der Waals surface area contributed by atoms with Crippen LogP contribution in [-0.4, -0.2) is 52.6 Å². The highest BCUT2D eigenvalue weighted by Crippen LogP contribution is 2.34. The van der Waals surface area contributed by atoms with Gasteiger partial charge in [0.05, 0.1) is 6.61 Å². The number of nitrogens with zero attached hydrogens (tertiary/aromatic N) is 6. The Morgan fingerprint density at radius 1 is 0.821 bits per heavy atom. The predicted molar refractivity (Wildman–Crippen MR) is 122 cm³/mol. The topological polar surface area (TPSA) is 190 Å². The van der Waals surface area contributed by atoms with Gasteiger partial charge >= 0.3 is 12.4 Å². The molecule has 4 N–H and O–H groups in total. The third kappa shape index (κ3) is 6.84. The summed E-state index contributed by atoms with van der Waals surface area (Å²) < 4.78 is 128. The maximum absolute atomic E-state index is 12.8. The monoisotopic (exact) mass is 626 g/mol. The molecule has 0 atom stereocenters. The molecule has 0 saturated carbocycles. The lowest BCUT2D eigenvalue weighted by Gasteiger charge is -2.05. The molecule has 0 radical (unpaired) electrons. The molecule has 0 aliphatic carbocycles. The fourth-order valence-corrected chi connectivity index (χ4v) is 4.64. The number of hydrogen-bond donors (Lipinski definition) is 2. The molecule has 13 nitrogen and oxygen atoms in total. The maximum atomic E-state index is 12.8. The molecule has 0 aliphatic heterocycles. The number of halogens is 7. The smallest absolute Gasteiger partial charge is 0.436 e. The summed E-state index contributed by atoms with van der Waals surface area (Å²) in [5.41, 5.74) is -3.86. The van der Waals surface area contributed by atoms with E-state index in [0.29, 0.717) is 9.03 Å². The van der Waals surface area contributed by atoms with Crippen molar-refractivity contribution in [2.24, 2.45) is 10.3 Å². The molecule has 4 aromatic rings. The first-order valence-corrected chi connectivity index (χ1v) is 13.0. The number of rotatable bonds is 4. The van der Waals surface area contributed by atoms with Gasteiger partial charge in [0, 0.05) is 6.07 Å². The van der Waals surface area contributed by atoms with Gasteiger partial charge in [-0.25, -0.2) is 37.1 Å². The second-order valence-corrected chi connectivity index (χ2v) is 10.3. The molecule has 0 aromatic carbocycles. The van der Waals surface area contributed by atoms with Crippen molar-refractivity contribution >= 4 is 42.9 Å². The molecule has 0 unspecified atom stereocenters. The summed E-state index contributed by atoms with van der Waals surface area (Å²) in [5, 5.41) is 14.0. The lowest BCUT2D eigenvalue weighted by molar-refractivity contribution is -0.144. The van der Waals surface area contributed by atoms with Crippen molar-refractivity contribution in [2.75, 3.05) is 6.61 Å². The van der Waals surface area contributed by atoms with Crippen LogP contribution >= 0.6 is 11.6 Å². The standard InChI is InChI=1S/C9H9F3N4O3S.C7H4ClF3N4O2S.CH4/c1-2-19-6-4-3-5-14-7(9(10,11)12)8(16(5)15-6)20(13,17)18;8-3-1-2-4-13-5(7(9,10)11)6(15(4)14-3)18(12,16)17;/h3-4H,2H2,1H3,(H2,13,17,18);1-2H,(H2,12,16,17);1H4. The third-order valence-electron chi connectivity index (χ3n) is 4.18. The SMILES string of the molecule is C.CCOc1ccc2nc(C(F)(F)F)c(S(N)(=O)=O)n2n1.NS(=O)(=O)c1c(C(F)(F)F)nc2ccc(Cl)nn12. The maximum Gasteiger partial charge on any atom is 0.436 e. The molecular weight excluding hydrogens is 610 g/mol. The largest absolute Gasteiger partial charge is 0.477 e. The minimum atomic E-state index is -4.97. The Bertz CT molecular complexity index is 1740. The van der Waals surface area contributed by atoms with Crippen LogP contribution in [0.3, 0.4) is 0 Å². The van der Waals surface area contributed by atoms with Crippen LogP contribution in [0.5, 0.6) is 5.88 Å². The first-order valence-electron chi connectivity index (χ1n) is 9.53. The van der Waals surface area contributed by atoms with Crippen molar-refractivity contribution in [1.29, 1.82) is 0 Å². The van der Waals surface area contributed by atoms with E-state index in [2.05, 4.69) is 20.2 Å². The van der Waals surface area contributed by atoms with Gasteiger partial charge in [-0.15, -0.1) is 5.10 Å². The number of primary sulfonamides is 2. The van der Waals surface area contributed by atoms with Crippen molar-refractivity contribution in [3.63, 3.8) is 0 Å². The number of sulfonamides is 2. The highest BCUT2D eigenvalue weighted by molar-refractivity contribution is 7.89. The lowest BCUT2D eigenvalue weighted by atomic mass is 10.5. The molecule has 0 spiro atoms. The van der Waals surface area contributed by atoms with Gasteiger partial charge in [-0.3, -0.25) is 0 Å². The quantitative estimate of drug-likeness (QED) is 0.320. The van der Waals surface area contributed by atoms with E-state index >= 15 is 0 Å². The Labute approximate surface area is 220 Å². The average Bonchev–Trinajstić information content (AvgIpc) is 3.32. The molecule has 0 fully saturated rings. The molecular formula is C17H17ClF6N8O5S2. The molecule has 4 rings (SSSR count). The average molecular weight is 627 g/mol. The van der Waals surface area contributed by atoms with E-state index in [1.165, 1.54) is 12.1 Å². The van der Waals surface area contributed by atoms with Crippen molar-refractivity contribution < 1.29 is 47.9 Å². The molecule has 4 heterocycles. The molecule has 22 heteroatoms. The van der Waals surface area contributed by atoms with Crippen LogP contribution in [0.4, 0.5) is 26.3 Å². The molecule has 0 saturated heterocycles. The van der Waals surface area contributed by atoms with Crippen LogP contribution in [0.2, 0.25) is 5.15 Å². The van der Waals surface area contributed by atoms with Crippen LogP contribution in [0.15, 0.2) is 34.3 Å². The lowest BCUT2D eigenvalue weighted by Crippen LogP contribution is -2.21. The van der Waals surface area contributed by atoms with E-state index in [-0.39, 0.29) is 36.4 Å². The van der Waals surface area contributed by atoms with E-state index in [1.807, 2.05) is 0 Å². The van der Waals surface area contributed by atoms with Crippen molar-refractivity contribution in [3.05, 3.63) is 40.8 Å². The molecule has 216 valence electrons. The first-order chi connectivity index (χ1) is 17.2. The minimum absolute atomic E-state index is 0. The number of imidazole rings is 2. The summed E-state index contributed by atoms with van der Waals surface area (Å²) in [5.74, 6) is -0.0453. The molecule has 0 bridgehead atoms. The Hall–Kier alpha value is -3.27. The second-order valence-electron chi connectivity index (χ2n) is 6.92. The van der Waals surface area contributed by atoms with E-state index in [1.54, 1.807) is 6.92 Å². The number of hydrogen-bond acceptors (Lipinski definition) is 9. The van der Waals surface area contributed by atoms with Crippen LogP contribution in [-0.2, 0) is 32.4 Å². The highest BCUT2D eigenvalue weighted by atomic mass is 35.5. The Morgan fingerprint density at radius 2 is 1.23 bits per heavy atom. The van der Waals surface area contributed by atoms with Gasteiger partial charge in [-0.1, -0.05) is 19.0 Å². The zero-order valence-electron chi connectivity index (χ0n) is 18.4. The normalized spacial score (nSPS) is 12.7. The zero-order chi connectivity index (χ0) is 28.8. The summed E-state index contributed by atoms with van der Waals surface area (Å²) >= 11 is 5.49. The first kappa shape index (κ1) is 31.9. The summed E-state index contributed by atoms with van der Waals surface area (Å²) in [6.07, 6.45) is -9.94. The third-order valence-corrected chi connectivity index (χ3v) is 6.20. The summed E-state index contributed by atoms with van der Waals surface area (Å²) in [6.45, 7) is 1.85. The number of ether oxygens (including phenoxy) is 1. The number of fused-ring (bicyclic) bond motifs is 2. The van der Waals surface area contributed by atoms with Crippen molar-refractivity contribution in [2.45, 2.75) is 36.8 Å². The Balaban J connectivity index is 0.000000268. The van der Waals surface area contributed by atoms with Crippen LogP contribution in [0.25, 0.3) is 11.3 Å². The number of nitrogens with two attached hydrogens (primary N) is 2. The van der Waals surface area contributed by atoms with Gasteiger partial charge in [0.2, 0.25) is 15.9 Å². The van der Waals surface area contributed by atoms with Crippen molar-refractivity contribution in [1.82, 2.24) is 29.2 Å². The summed E-state index contributed by atoms with van der Waals surface area (Å²) in [4.78, 5) is 6.36. The van der Waals surface area contributed by atoms with E-state index in [9.17, 15) is 43.2 Å². The van der Waals surface area contributed by atoms with Gasteiger partial charge in [0.15, 0.2) is 22.7 Å². The molecule has 4 aromatic heterocycles. The van der Waals surface area contributed by atoms with Gasteiger partial charge in [0.1, 0.15) is 5.15 Å². The summed E-state index contributed by atoms with van der Waals surface area (Å²) in [6, 6.07) is 4.71. The summed E-state index contributed by atoms with van der Waals surface area (Å²) in [7, 11) is -9.33. The zero-order valence-corrected chi connectivity index (χ0v) is 20.7. The van der Waals surface area contributed by atoms with Crippen LogP contribution in [0.1, 0.15) is 25.7 Å². The fraction of sp³-hybridized carbons (Fsp3) is 0.294. The fourth-order valence-electron chi connectivity index (χ4n) is 2.89. The minimum Gasteiger partial charge on any atom is -0.477 e. The van der Waals surface area contributed by atoms with Crippen molar-refractivity contribution in [3.8, 4) is 5.88 Å². The highest BCUT2D eigenvalue weighted by Gasteiger charge is 2.43. The number of aromatic nitrogens is 6. The van der Waals surface area contributed by atoms with Gasteiger partial charge < -0.3 is 4.74 Å². The number of alkyl halides is 6. The Kier molecular flexibility index (Phi) is 8.78. The van der Waals surface area contributed by atoms with Gasteiger partial charge in [-0.2, -0.15) is 40.5 Å².